The summed E-state index contributed by atoms with van der Waals surface area (Å²) in [7, 11) is -3.76. The first-order chi connectivity index (χ1) is 13.3. The molecule has 1 aromatic heterocycles. The Morgan fingerprint density at radius 2 is 1.93 bits per heavy atom. The van der Waals surface area contributed by atoms with Gasteiger partial charge in [0.05, 0.1) is 17.8 Å². The van der Waals surface area contributed by atoms with E-state index in [0.29, 0.717) is 11.1 Å². The Bertz CT molecular complexity index is 1260. The summed E-state index contributed by atoms with van der Waals surface area (Å²) < 4.78 is 39.6. The number of halogens is 1. The molecule has 0 amide bonds. The number of hydrogen-bond acceptors (Lipinski definition) is 4. The van der Waals surface area contributed by atoms with Gasteiger partial charge in [0.25, 0.3) is 0 Å². The van der Waals surface area contributed by atoms with E-state index in [9.17, 15) is 22.9 Å². The summed E-state index contributed by atoms with van der Waals surface area (Å²) in [6, 6.07) is 15.2. The van der Waals surface area contributed by atoms with Gasteiger partial charge in [-0.15, -0.1) is 0 Å². The Hall–Kier alpha value is -2.98. The largest absolute Gasteiger partial charge is 0.292 e. The summed E-state index contributed by atoms with van der Waals surface area (Å²) in [5.41, 5.74) is 0.253. The predicted octanol–water partition coefficient (Wildman–Crippen LogP) is 3.47. The molecule has 0 fully saturated rings. The van der Waals surface area contributed by atoms with Crippen molar-refractivity contribution in [2.24, 2.45) is 5.41 Å². The second-order valence-corrected chi connectivity index (χ2v) is 9.03. The third kappa shape index (κ3) is 2.72. The molecule has 142 valence electrons. The number of benzene rings is 2. The van der Waals surface area contributed by atoms with Crippen LogP contribution >= 0.6 is 0 Å². The van der Waals surface area contributed by atoms with Crippen molar-refractivity contribution >= 4 is 26.7 Å². The Balaban J connectivity index is 1.96. The Kier molecular flexibility index (Phi) is 4.12. The van der Waals surface area contributed by atoms with Gasteiger partial charge in [-0.25, -0.2) is 16.8 Å². The van der Waals surface area contributed by atoms with Gasteiger partial charge in [-0.05, 0) is 43.0 Å². The highest BCUT2D eigenvalue weighted by Gasteiger charge is 2.46. The minimum atomic E-state index is -3.76. The second-order valence-electron chi connectivity index (χ2n) is 7.20. The van der Waals surface area contributed by atoms with E-state index in [-0.39, 0.29) is 30.3 Å². The van der Waals surface area contributed by atoms with E-state index in [1.165, 1.54) is 12.1 Å². The fourth-order valence-corrected chi connectivity index (χ4v) is 5.18. The van der Waals surface area contributed by atoms with Crippen molar-refractivity contribution in [2.75, 3.05) is 6.26 Å². The predicted molar refractivity (Wildman–Crippen MR) is 103 cm³/mol. The lowest BCUT2D eigenvalue weighted by Gasteiger charge is -2.30. The third-order valence-corrected chi connectivity index (χ3v) is 6.41. The molecule has 1 aliphatic carbocycles. The van der Waals surface area contributed by atoms with Crippen molar-refractivity contribution < 1.29 is 17.6 Å². The molecule has 28 heavy (non-hydrogen) atoms. The first-order valence-corrected chi connectivity index (χ1v) is 10.6. The molecule has 5 nitrogen and oxygen atoms in total. The quantitative estimate of drug-likeness (QED) is 0.679. The molecule has 2 aromatic carbocycles. The average Bonchev–Trinajstić information content (AvgIpc) is 2.99. The summed E-state index contributed by atoms with van der Waals surface area (Å²) in [5, 5.41) is 10.3. The molecule has 0 aliphatic heterocycles. The van der Waals surface area contributed by atoms with Crippen LogP contribution in [-0.2, 0) is 22.9 Å². The number of rotatable bonds is 3. The third-order valence-electron chi connectivity index (χ3n) is 5.33. The number of nitriles is 1. The summed E-state index contributed by atoms with van der Waals surface area (Å²) >= 11 is 0. The average molecular weight is 396 g/mol. The lowest BCUT2D eigenvalue weighted by atomic mass is 9.69. The van der Waals surface area contributed by atoms with Crippen molar-refractivity contribution in [1.29, 1.82) is 5.26 Å². The summed E-state index contributed by atoms with van der Waals surface area (Å²) in [6.07, 6.45) is 1.72. The van der Waals surface area contributed by atoms with Gasteiger partial charge >= 0.3 is 0 Å². The fraction of sp³-hybridized carbons (Fsp3) is 0.238. The molecular weight excluding hydrogens is 379 g/mol. The van der Waals surface area contributed by atoms with Gasteiger partial charge in [0.15, 0.2) is 5.78 Å². The van der Waals surface area contributed by atoms with Crippen molar-refractivity contribution in [3.63, 3.8) is 0 Å². The smallest absolute Gasteiger partial charge is 0.236 e. The molecule has 0 N–H and O–H groups in total. The van der Waals surface area contributed by atoms with Crippen LogP contribution in [0.25, 0.3) is 10.9 Å². The summed E-state index contributed by atoms with van der Waals surface area (Å²) in [6.45, 7) is 0. The molecule has 4 rings (SSSR count). The SMILES string of the molecule is CS(=O)(=O)n1c2c(c3ccc(F)cc31)C(=O)C(C#N)(Cc1ccccc1)CC2. The van der Waals surface area contributed by atoms with Gasteiger partial charge in [0, 0.05) is 16.6 Å². The zero-order valence-corrected chi connectivity index (χ0v) is 16.0. The van der Waals surface area contributed by atoms with Crippen molar-refractivity contribution in [3.05, 3.63) is 71.2 Å². The molecule has 1 unspecified atom stereocenters. The Morgan fingerprint density at radius 3 is 2.57 bits per heavy atom. The van der Waals surface area contributed by atoms with Crippen molar-refractivity contribution in [1.82, 2.24) is 3.97 Å². The normalized spacial score (nSPS) is 19.4. The van der Waals surface area contributed by atoms with Crippen LogP contribution in [0, 0.1) is 22.6 Å². The number of carbonyl (C=O) groups excluding carboxylic acids is 1. The van der Waals surface area contributed by atoms with E-state index in [1.807, 2.05) is 30.3 Å². The molecule has 0 radical (unpaired) electrons. The Morgan fingerprint density at radius 1 is 1.21 bits per heavy atom. The van der Waals surface area contributed by atoms with Gasteiger partial charge in [-0.3, -0.25) is 4.79 Å². The highest BCUT2D eigenvalue weighted by Crippen LogP contribution is 2.42. The first kappa shape index (κ1) is 18.4. The van der Waals surface area contributed by atoms with Crippen LogP contribution in [0.3, 0.4) is 0 Å². The molecule has 7 heteroatoms. The highest BCUT2D eigenvalue weighted by molar-refractivity contribution is 7.89. The molecule has 1 aliphatic rings. The van der Waals surface area contributed by atoms with Crippen LogP contribution < -0.4 is 0 Å². The monoisotopic (exact) mass is 396 g/mol. The molecule has 0 saturated carbocycles. The number of Topliss-reactive ketones (excluding diaryl/α,β-unsaturated/α-hetero) is 1. The molecule has 1 atom stereocenters. The topological polar surface area (TPSA) is 79.9 Å². The molecule has 0 bridgehead atoms. The lowest BCUT2D eigenvalue weighted by molar-refractivity contribution is 0.0835. The van der Waals surface area contributed by atoms with Gasteiger partial charge in [0.1, 0.15) is 11.2 Å². The standard InChI is InChI=1S/C21H17FN2O3S/c1-28(26,27)24-17-9-10-21(13-23,12-14-5-3-2-4-6-14)20(25)19(17)16-8-7-15(22)11-18(16)24/h2-8,11H,9-10,12H2,1H3. The van der Waals surface area contributed by atoms with Gasteiger partial charge < -0.3 is 0 Å². The number of aromatic nitrogens is 1. The summed E-state index contributed by atoms with van der Waals surface area (Å²) in [4.78, 5) is 13.5. The summed E-state index contributed by atoms with van der Waals surface area (Å²) in [5.74, 6) is -0.991. The Labute approximate surface area is 162 Å². The molecular formula is C21H17FN2O3S. The van der Waals surface area contributed by atoms with Gasteiger partial charge in [-0.2, -0.15) is 5.26 Å². The first-order valence-electron chi connectivity index (χ1n) is 8.80. The molecule has 0 saturated heterocycles. The van der Waals surface area contributed by atoms with Gasteiger partial charge in [-0.1, -0.05) is 30.3 Å². The van der Waals surface area contributed by atoms with Crippen LogP contribution in [0.15, 0.2) is 48.5 Å². The zero-order valence-electron chi connectivity index (χ0n) is 15.1. The van der Waals surface area contributed by atoms with E-state index >= 15 is 0 Å². The van der Waals surface area contributed by atoms with Crippen LogP contribution in [0.2, 0.25) is 0 Å². The van der Waals surface area contributed by atoms with E-state index in [4.69, 9.17) is 0 Å². The van der Waals surface area contributed by atoms with Crippen LogP contribution in [-0.4, -0.2) is 24.4 Å². The van der Waals surface area contributed by atoms with Crippen molar-refractivity contribution in [2.45, 2.75) is 19.3 Å². The molecule has 3 aromatic rings. The number of ketones is 1. The highest BCUT2D eigenvalue weighted by atomic mass is 32.2. The molecule has 0 spiro atoms. The zero-order chi connectivity index (χ0) is 20.1. The van der Waals surface area contributed by atoms with Crippen LogP contribution in [0.1, 0.15) is 28.0 Å². The minimum absolute atomic E-state index is 0.134. The maximum Gasteiger partial charge on any atom is 0.236 e. The second kappa shape index (κ2) is 6.28. The van der Waals surface area contributed by atoms with Crippen LogP contribution in [0.5, 0.6) is 0 Å². The van der Waals surface area contributed by atoms with E-state index in [1.54, 1.807) is 0 Å². The molecule has 1 heterocycles. The van der Waals surface area contributed by atoms with E-state index in [0.717, 1.165) is 21.9 Å². The van der Waals surface area contributed by atoms with Gasteiger partial charge in [0.2, 0.25) is 10.0 Å². The van der Waals surface area contributed by atoms with E-state index in [2.05, 4.69) is 6.07 Å². The number of carbonyl (C=O) groups is 1. The fourth-order valence-electron chi connectivity index (χ4n) is 4.09. The van der Waals surface area contributed by atoms with E-state index < -0.39 is 27.0 Å². The number of nitrogens with zero attached hydrogens (tertiary/aromatic N) is 2. The van der Waals surface area contributed by atoms with Crippen LogP contribution in [0.4, 0.5) is 4.39 Å². The lowest BCUT2D eigenvalue weighted by Crippen LogP contribution is -2.37. The van der Waals surface area contributed by atoms with Crippen molar-refractivity contribution in [3.8, 4) is 6.07 Å². The minimum Gasteiger partial charge on any atom is -0.292 e. The number of fused-ring (bicyclic) bond motifs is 3. The maximum atomic E-state index is 13.8. The maximum absolute atomic E-state index is 13.8. The number of hydrogen-bond donors (Lipinski definition) is 0.